The Labute approximate surface area is 196 Å². The monoisotopic (exact) mass is 485 g/mol. The van der Waals surface area contributed by atoms with Crippen molar-refractivity contribution >= 4 is 50.3 Å². The smallest absolute Gasteiger partial charge is 0.284 e. The van der Waals surface area contributed by atoms with Gasteiger partial charge in [-0.05, 0) is 48.9 Å². The molecule has 1 amide bonds. The van der Waals surface area contributed by atoms with Crippen molar-refractivity contribution in [1.29, 1.82) is 0 Å². The quantitative estimate of drug-likeness (QED) is 0.567. The van der Waals surface area contributed by atoms with E-state index in [1.165, 1.54) is 23.9 Å². The summed E-state index contributed by atoms with van der Waals surface area (Å²) in [6, 6.07) is 16.2. The van der Waals surface area contributed by atoms with Gasteiger partial charge in [-0.3, -0.25) is 9.69 Å². The normalized spacial score (nSPS) is 23.3. The number of benzene rings is 2. The van der Waals surface area contributed by atoms with Gasteiger partial charge in [-0.2, -0.15) is 8.42 Å². The lowest BCUT2D eigenvalue weighted by atomic mass is 9.94. The second-order valence-electron chi connectivity index (χ2n) is 7.99. The third kappa shape index (κ3) is 3.86. The molecule has 3 aliphatic rings. The maximum absolute atomic E-state index is 13.7. The van der Waals surface area contributed by atoms with Gasteiger partial charge >= 0.3 is 0 Å². The van der Waals surface area contributed by atoms with Crippen LogP contribution >= 0.6 is 23.5 Å². The molecule has 166 valence electrons. The molecule has 5 rings (SSSR count). The van der Waals surface area contributed by atoms with Crippen molar-refractivity contribution in [3.8, 4) is 0 Å². The summed E-state index contributed by atoms with van der Waals surface area (Å²) in [6.07, 6.45) is 4.93. The van der Waals surface area contributed by atoms with Gasteiger partial charge in [0.2, 0.25) is 0 Å². The van der Waals surface area contributed by atoms with Gasteiger partial charge in [0.05, 0.1) is 15.6 Å². The number of rotatable bonds is 3. The van der Waals surface area contributed by atoms with E-state index in [2.05, 4.69) is 4.40 Å². The fraction of sp³-hybridized carbons (Fsp3) is 0.304. The Balaban J connectivity index is 1.58. The van der Waals surface area contributed by atoms with Crippen LogP contribution in [-0.2, 0) is 14.8 Å². The molecule has 0 aromatic heterocycles. The van der Waals surface area contributed by atoms with Gasteiger partial charge < -0.3 is 4.90 Å². The van der Waals surface area contributed by atoms with Gasteiger partial charge in [0.1, 0.15) is 4.91 Å². The molecule has 9 heteroatoms. The van der Waals surface area contributed by atoms with Gasteiger partial charge in [-0.25, -0.2) is 0 Å². The zero-order chi connectivity index (χ0) is 22.3. The molecule has 1 aliphatic carbocycles. The van der Waals surface area contributed by atoms with Gasteiger partial charge in [-0.15, -0.1) is 4.40 Å². The highest BCUT2D eigenvalue weighted by Crippen LogP contribution is 2.50. The van der Waals surface area contributed by atoms with Crippen molar-refractivity contribution in [1.82, 2.24) is 4.90 Å². The summed E-state index contributed by atoms with van der Waals surface area (Å²) in [7, 11) is -1.98. The fourth-order valence-corrected chi connectivity index (χ4v) is 7.88. The summed E-state index contributed by atoms with van der Waals surface area (Å²) >= 11 is 2.72. The second-order valence-corrected chi connectivity index (χ2v) is 11.6. The second kappa shape index (κ2) is 8.61. The minimum absolute atomic E-state index is 0.0225. The molecular formula is C23H23N3O3S3. The largest absolute Gasteiger partial charge is 0.337 e. The molecule has 0 bridgehead atoms. The number of para-hydroxylation sites is 1. The number of carbonyl (C=O) groups is 1. The van der Waals surface area contributed by atoms with Crippen LogP contribution in [0.2, 0.25) is 0 Å². The standard InChI is InChI=1S/C23H23N3O3S3/c1-25-18-14-8-9-15-19(18)30-22(25)20-21(27)26(16-10-4-2-5-11-16)23(31-20)24-32(28,29)17-12-6-3-7-13-17/h3,6-9,12-16H,2,4-5,10-11H2,1H3/b22-20+,24-23+. The number of amidine groups is 1. The molecule has 2 aromatic rings. The first-order valence-electron chi connectivity index (χ1n) is 10.6. The van der Waals surface area contributed by atoms with E-state index in [4.69, 9.17) is 0 Å². The molecule has 1 saturated carbocycles. The molecule has 0 N–H and O–H groups in total. The maximum atomic E-state index is 13.7. The summed E-state index contributed by atoms with van der Waals surface area (Å²) in [6.45, 7) is 0. The average molecular weight is 486 g/mol. The first kappa shape index (κ1) is 21.6. The zero-order valence-corrected chi connectivity index (χ0v) is 20.0. The molecule has 2 aliphatic heterocycles. The van der Waals surface area contributed by atoms with E-state index in [1.807, 2.05) is 36.2 Å². The number of hydrogen-bond donors (Lipinski definition) is 0. The van der Waals surface area contributed by atoms with Gasteiger partial charge in [0, 0.05) is 18.0 Å². The number of sulfonamides is 1. The topological polar surface area (TPSA) is 70.1 Å². The molecule has 0 spiro atoms. The van der Waals surface area contributed by atoms with Crippen molar-refractivity contribution in [2.24, 2.45) is 4.40 Å². The molecule has 6 nitrogen and oxygen atoms in total. The molecule has 2 aromatic carbocycles. The molecule has 0 radical (unpaired) electrons. The third-order valence-electron chi connectivity index (χ3n) is 5.92. The maximum Gasteiger partial charge on any atom is 0.284 e. The van der Waals surface area contributed by atoms with Crippen LogP contribution in [0.15, 0.2) is 78.7 Å². The Bertz CT molecular complexity index is 1220. The van der Waals surface area contributed by atoms with Crippen molar-refractivity contribution < 1.29 is 13.2 Å². The fourth-order valence-electron chi connectivity index (χ4n) is 4.29. The minimum Gasteiger partial charge on any atom is -0.337 e. The van der Waals surface area contributed by atoms with Crippen molar-refractivity contribution in [2.45, 2.75) is 47.9 Å². The van der Waals surface area contributed by atoms with E-state index in [-0.39, 0.29) is 22.0 Å². The predicted octanol–water partition coefficient (Wildman–Crippen LogP) is 5.05. The Morgan fingerprint density at radius 1 is 0.938 bits per heavy atom. The van der Waals surface area contributed by atoms with E-state index < -0.39 is 10.0 Å². The number of carbonyl (C=O) groups excluding carboxylic acids is 1. The number of nitrogens with zero attached hydrogens (tertiary/aromatic N) is 3. The van der Waals surface area contributed by atoms with E-state index >= 15 is 0 Å². The van der Waals surface area contributed by atoms with Crippen molar-refractivity contribution in [3.05, 3.63) is 64.5 Å². The van der Waals surface area contributed by atoms with Crippen LogP contribution in [-0.4, -0.2) is 37.5 Å². The highest BCUT2D eigenvalue weighted by atomic mass is 32.2. The SMILES string of the molecule is CN1/C(=C2\S/C(=N/S(=O)(=O)c3ccccc3)N(C3CCCCC3)C2=O)Sc2ccccc21. The molecule has 2 heterocycles. The molecule has 1 saturated heterocycles. The average Bonchev–Trinajstić information content (AvgIpc) is 3.31. The molecule has 2 fully saturated rings. The molecular weight excluding hydrogens is 462 g/mol. The van der Waals surface area contributed by atoms with E-state index in [9.17, 15) is 13.2 Å². The van der Waals surface area contributed by atoms with Crippen LogP contribution in [0.1, 0.15) is 32.1 Å². The predicted molar refractivity (Wildman–Crippen MR) is 130 cm³/mol. The van der Waals surface area contributed by atoms with Gasteiger partial charge in [0.25, 0.3) is 15.9 Å². The number of thioether (sulfide) groups is 2. The Kier molecular flexibility index (Phi) is 5.81. The van der Waals surface area contributed by atoms with Crippen molar-refractivity contribution in [2.75, 3.05) is 11.9 Å². The third-order valence-corrected chi connectivity index (χ3v) is 9.73. The van der Waals surface area contributed by atoms with Crippen molar-refractivity contribution in [3.63, 3.8) is 0 Å². The zero-order valence-electron chi connectivity index (χ0n) is 17.6. The summed E-state index contributed by atoms with van der Waals surface area (Å²) in [5.74, 6) is -0.147. The summed E-state index contributed by atoms with van der Waals surface area (Å²) < 4.78 is 30.2. The lowest BCUT2D eigenvalue weighted by Crippen LogP contribution is -2.41. The van der Waals surface area contributed by atoms with Crippen LogP contribution in [0, 0.1) is 0 Å². The summed E-state index contributed by atoms with van der Waals surface area (Å²) in [5.41, 5.74) is 1.04. The van der Waals surface area contributed by atoms with Gasteiger partial charge in [-0.1, -0.05) is 61.4 Å². The van der Waals surface area contributed by atoms with Crippen LogP contribution in [0.4, 0.5) is 5.69 Å². The molecule has 0 atom stereocenters. The van der Waals surface area contributed by atoms with Crippen LogP contribution < -0.4 is 4.90 Å². The van der Waals surface area contributed by atoms with E-state index in [0.717, 1.165) is 47.7 Å². The number of anilines is 1. The van der Waals surface area contributed by atoms with Crippen LogP contribution in [0.3, 0.4) is 0 Å². The Hall–Kier alpha value is -2.23. The molecule has 0 unspecified atom stereocenters. The molecule has 32 heavy (non-hydrogen) atoms. The highest BCUT2D eigenvalue weighted by molar-refractivity contribution is 8.19. The van der Waals surface area contributed by atoms with Gasteiger partial charge in [0.15, 0.2) is 5.17 Å². The highest BCUT2D eigenvalue weighted by Gasteiger charge is 2.43. The first-order valence-corrected chi connectivity index (χ1v) is 13.7. The lowest BCUT2D eigenvalue weighted by Gasteiger charge is -2.30. The Morgan fingerprint density at radius 2 is 1.62 bits per heavy atom. The minimum atomic E-state index is -3.92. The van der Waals surface area contributed by atoms with E-state index in [1.54, 1.807) is 34.9 Å². The lowest BCUT2D eigenvalue weighted by molar-refractivity contribution is -0.124. The Morgan fingerprint density at radius 3 is 2.34 bits per heavy atom. The summed E-state index contributed by atoms with van der Waals surface area (Å²) in [4.78, 5) is 19.1. The van der Waals surface area contributed by atoms with Crippen LogP contribution in [0.5, 0.6) is 0 Å². The number of hydrogen-bond acceptors (Lipinski definition) is 6. The number of amides is 1. The first-order chi connectivity index (χ1) is 15.5. The van der Waals surface area contributed by atoms with Crippen LogP contribution in [0.25, 0.3) is 0 Å². The van der Waals surface area contributed by atoms with E-state index in [0.29, 0.717) is 4.91 Å². The summed E-state index contributed by atoms with van der Waals surface area (Å²) in [5, 5.41) is 1.09. The number of fused-ring (bicyclic) bond motifs is 1.